The van der Waals surface area contributed by atoms with E-state index in [-0.39, 0.29) is 20.5 Å². The van der Waals surface area contributed by atoms with Crippen molar-refractivity contribution in [2.45, 2.75) is 0 Å². The van der Waals surface area contributed by atoms with Gasteiger partial charge in [-0.3, -0.25) is 4.79 Å². The summed E-state index contributed by atoms with van der Waals surface area (Å²) in [6.07, 6.45) is 0. The molecule has 9 heteroatoms. The second-order valence-electron chi connectivity index (χ2n) is 4.86. The average molecular weight is 433 g/mol. The fourth-order valence-corrected chi connectivity index (χ4v) is 4.71. The van der Waals surface area contributed by atoms with Crippen molar-refractivity contribution in [3.63, 3.8) is 0 Å². The number of hydrogen-bond donors (Lipinski definition) is 2. The van der Waals surface area contributed by atoms with Gasteiger partial charge < -0.3 is 10.4 Å². The molecule has 3 rings (SSSR count). The van der Waals surface area contributed by atoms with Gasteiger partial charge in [0.2, 0.25) is 0 Å². The molecule has 0 unspecified atom stereocenters. The number of nitrogens with one attached hydrogen (secondary N) is 1. The summed E-state index contributed by atoms with van der Waals surface area (Å²) in [6.45, 7) is 0. The molecule has 2 heterocycles. The third-order valence-electron chi connectivity index (χ3n) is 3.29. The van der Waals surface area contributed by atoms with E-state index in [0.29, 0.717) is 20.5 Å². The van der Waals surface area contributed by atoms with E-state index in [1.54, 1.807) is 29.6 Å². The first-order chi connectivity index (χ1) is 11.9. The molecule has 0 radical (unpaired) electrons. The van der Waals surface area contributed by atoms with Gasteiger partial charge >= 0.3 is 5.97 Å². The molecule has 0 atom stereocenters. The minimum Gasteiger partial charge on any atom is -0.478 e. The molecule has 2 N–H and O–H groups in total. The van der Waals surface area contributed by atoms with E-state index in [1.807, 2.05) is 0 Å². The Bertz CT molecular complexity index is 964. The predicted molar refractivity (Wildman–Crippen MR) is 104 cm³/mol. The lowest BCUT2D eigenvalue weighted by Crippen LogP contribution is -2.13. The van der Waals surface area contributed by atoms with Crippen LogP contribution in [0.15, 0.2) is 35.7 Å². The summed E-state index contributed by atoms with van der Waals surface area (Å²) in [4.78, 5) is 24.1. The Morgan fingerprint density at radius 1 is 1.08 bits per heavy atom. The zero-order valence-corrected chi connectivity index (χ0v) is 16.1. The largest absolute Gasteiger partial charge is 0.478 e. The van der Waals surface area contributed by atoms with Crippen molar-refractivity contribution >= 4 is 74.4 Å². The highest BCUT2D eigenvalue weighted by Gasteiger charge is 2.23. The van der Waals surface area contributed by atoms with Gasteiger partial charge in [0.05, 0.1) is 9.90 Å². The smallest absolute Gasteiger partial charge is 0.339 e. The number of rotatable bonds is 4. The maximum Gasteiger partial charge on any atom is 0.339 e. The first-order valence-corrected chi connectivity index (χ1v) is 9.56. The van der Waals surface area contributed by atoms with E-state index < -0.39 is 11.9 Å². The van der Waals surface area contributed by atoms with Crippen LogP contribution < -0.4 is 5.32 Å². The summed E-state index contributed by atoms with van der Waals surface area (Å²) in [5.74, 6) is -1.66. The van der Waals surface area contributed by atoms with E-state index >= 15 is 0 Å². The number of anilines is 1. The number of carboxylic acid groups (broad SMARTS) is 1. The molecular weight excluding hydrogens is 425 g/mol. The second kappa shape index (κ2) is 7.35. The summed E-state index contributed by atoms with van der Waals surface area (Å²) < 4.78 is 0.621. The van der Waals surface area contributed by atoms with E-state index in [9.17, 15) is 14.7 Å². The van der Waals surface area contributed by atoms with Crippen LogP contribution in [-0.4, -0.2) is 17.0 Å². The number of benzene rings is 1. The van der Waals surface area contributed by atoms with Crippen molar-refractivity contribution in [1.29, 1.82) is 0 Å². The lowest BCUT2D eigenvalue weighted by molar-refractivity contribution is 0.0699. The van der Waals surface area contributed by atoms with Crippen LogP contribution in [0.25, 0.3) is 11.1 Å². The third kappa shape index (κ3) is 3.83. The zero-order valence-electron chi connectivity index (χ0n) is 12.2. The molecule has 0 spiro atoms. The van der Waals surface area contributed by atoms with E-state index in [1.165, 1.54) is 6.07 Å². The Morgan fingerprint density at radius 3 is 2.32 bits per heavy atom. The molecule has 2 aromatic heterocycles. The number of carbonyl (C=O) groups excluding carboxylic acids is 1. The quantitative estimate of drug-likeness (QED) is 0.502. The van der Waals surface area contributed by atoms with Crippen molar-refractivity contribution < 1.29 is 14.7 Å². The molecule has 1 aromatic carbocycles. The highest BCUT2D eigenvalue weighted by atomic mass is 35.5. The van der Waals surface area contributed by atoms with Crippen molar-refractivity contribution in [3.05, 3.63) is 60.5 Å². The van der Waals surface area contributed by atoms with Gasteiger partial charge in [0.1, 0.15) is 14.9 Å². The normalized spacial score (nSPS) is 10.7. The van der Waals surface area contributed by atoms with E-state index in [4.69, 9.17) is 34.8 Å². The Hall–Kier alpha value is -1.57. The number of carboxylic acids is 1. The maximum atomic E-state index is 12.4. The predicted octanol–water partition coefficient (Wildman–Crippen LogP) is 6.39. The van der Waals surface area contributed by atoms with Gasteiger partial charge in [-0.2, -0.15) is 0 Å². The summed E-state index contributed by atoms with van der Waals surface area (Å²) in [7, 11) is 0. The number of thiophene rings is 2. The summed E-state index contributed by atoms with van der Waals surface area (Å²) in [6, 6.07) is 8.23. The van der Waals surface area contributed by atoms with Gasteiger partial charge in [-0.1, -0.05) is 46.9 Å². The van der Waals surface area contributed by atoms with Gasteiger partial charge in [0, 0.05) is 16.0 Å². The van der Waals surface area contributed by atoms with Crippen LogP contribution in [0.5, 0.6) is 0 Å². The van der Waals surface area contributed by atoms with Crippen LogP contribution in [0, 0.1) is 0 Å². The average Bonchev–Trinajstić information content (AvgIpc) is 3.11. The van der Waals surface area contributed by atoms with Crippen molar-refractivity contribution in [1.82, 2.24) is 0 Å². The Morgan fingerprint density at radius 2 is 1.76 bits per heavy atom. The van der Waals surface area contributed by atoms with Crippen LogP contribution in [-0.2, 0) is 0 Å². The van der Waals surface area contributed by atoms with Gasteiger partial charge in [0.15, 0.2) is 0 Å². The molecule has 0 bridgehead atoms. The van der Waals surface area contributed by atoms with Crippen LogP contribution in [0.1, 0.15) is 20.7 Å². The van der Waals surface area contributed by atoms with Gasteiger partial charge in [0.25, 0.3) is 5.91 Å². The first kappa shape index (κ1) is 18.2. The Kier molecular flexibility index (Phi) is 5.36. The van der Waals surface area contributed by atoms with E-state index in [0.717, 1.165) is 22.7 Å². The zero-order chi connectivity index (χ0) is 18.1. The SMILES string of the molecule is O=C(Nc1scc(-c2ccc(Cl)cc2)c1C(=O)O)c1cc(Cl)sc1Cl. The molecule has 0 saturated heterocycles. The third-order valence-corrected chi connectivity index (χ3v) is 5.92. The highest BCUT2D eigenvalue weighted by molar-refractivity contribution is 7.20. The molecule has 1 amide bonds. The number of hydrogen-bond acceptors (Lipinski definition) is 4. The molecule has 0 aliphatic carbocycles. The Balaban J connectivity index is 1.97. The van der Waals surface area contributed by atoms with Crippen molar-refractivity contribution in [2.75, 3.05) is 5.32 Å². The van der Waals surface area contributed by atoms with Crippen LogP contribution >= 0.6 is 57.5 Å². The molecule has 25 heavy (non-hydrogen) atoms. The van der Waals surface area contributed by atoms with Crippen molar-refractivity contribution in [3.8, 4) is 11.1 Å². The van der Waals surface area contributed by atoms with Gasteiger partial charge in [-0.25, -0.2) is 4.79 Å². The van der Waals surface area contributed by atoms with Gasteiger partial charge in [-0.15, -0.1) is 22.7 Å². The lowest BCUT2D eigenvalue weighted by Gasteiger charge is -2.06. The molecule has 0 fully saturated rings. The highest BCUT2D eigenvalue weighted by Crippen LogP contribution is 2.37. The lowest BCUT2D eigenvalue weighted by atomic mass is 10.0. The standard InChI is InChI=1S/C16H8Cl3NO3S2/c17-8-3-1-7(2-4-8)10-6-24-15(12(10)16(22)23)20-14(21)9-5-11(18)25-13(9)19/h1-6H,(H,20,21)(H,22,23). The fourth-order valence-electron chi connectivity index (χ4n) is 2.17. The first-order valence-electron chi connectivity index (χ1n) is 6.73. The van der Waals surface area contributed by atoms with Crippen LogP contribution in [0.3, 0.4) is 0 Å². The molecule has 0 aliphatic rings. The van der Waals surface area contributed by atoms with Crippen molar-refractivity contribution in [2.24, 2.45) is 0 Å². The molecule has 128 valence electrons. The summed E-state index contributed by atoms with van der Waals surface area (Å²) in [5, 5.41) is 14.6. The fraction of sp³-hybridized carbons (Fsp3) is 0. The number of aromatic carboxylic acids is 1. The Labute approximate surface area is 165 Å². The second-order valence-corrected chi connectivity index (χ2v) is 8.46. The summed E-state index contributed by atoms with van der Waals surface area (Å²) in [5.41, 5.74) is 1.40. The van der Waals surface area contributed by atoms with Gasteiger partial charge in [-0.05, 0) is 23.8 Å². The molecular formula is C16H8Cl3NO3S2. The maximum absolute atomic E-state index is 12.4. The molecule has 0 saturated carbocycles. The van der Waals surface area contributed by atoms with Crippen LogP contribution in [0.4, 0.5) is 5.00 Å². The summed E-state index contributed by atoms with van der Waals surface area (Å²) >= 11 is 19.9. The van der Waals surface area contributed by atoms with Crippen LogP contribution in [0.2, 0.25) is 13.7 Å². The minimum atomic E-state index is -1.14. The molecule has 4 nitrogen and oxygen atoms in total. The minimum absolute atomic E-state index is 0.0121. The molecule has 3 aromatic rings. The van der Waals surface area contributed by atoms with E-state index in [2.05, 4.69) is 5.32 Å². The monoisotopic (exact) mass is 431 g/mol. The number of carbonyl (C=O) groups is 2. The number of halogens is 3. The number of amides is 1. The topological polar surface area (TPSA) is 66.4 Å². The molecule has 0 aliphatic heterocycles.